The van der Waals surface area contributed by atoms with Gasteiger partial charge in [-0.3, -0.25) is 9.59 Å². The monoisotopic (exact) mass is 370 g/mol. The van der Waals surface area contributed by atoms with E-state index in [9.17, 15) is 9.59 Å². The number of carbonyl (C=O) groups excluding carboxylic acids is 2. The van der Waals surface area contributed by atoms with Gasteiger partial charge in [0, 0.05) is 11.4 Å². The van der Waals surface area contributed by atoms with E-state index in [1.54, 1.807) is 62.8 Å². The van der Waals surface area contributed by atoms with E-state index >= 15 is 0 Å². The highest BCUT2D eigenvalue weighted by atomic mass is 16.5. The molecular weight excluding hydrogens is 344 g/mol. The molecule has 2 aromatic rings. The second kappa shape index (κ2) is 10.2. The average Bonchev–Trinajstić information content (AvgIpc) is 2.69. The molecule has 0 fully saturated rings. The molecule has 0 heterocycles. The van der Waals surface area contributed by atoms with Crippen LogP contribution < -0.4 is 20.1 Å². The van der Waals surface area contributed by atoms with Crippen LogP contribution in [0.15, 0.2) is 48.5 Å². The van der Waals surface area contributed by atoms with Gasteiger partial charge in [0.15, 0.2) is 0 Å². The van der Waals surface area contributed by atoms with E-state index in [2.05, 4.69) is 10.6 Å². The zero-order chi connectivity index (χ0) is 19.6. The fraction of sp³-hybridized carbons (Fsp3) is 0.333. The fourth-order valence-electron chi connectivity index (χ4n) is 2.60. The van der Waals surface area contributed by atoms with Crippen molar-refractivity contribution in [2.45, 2.75) is 26.2 Å². The third kappa shape index (κ3) is 6.02. The van der Waals surface area contributed by atoms with E-state index < -0.39 is 5.92 Å². The molecule has 144 valence electrons. The molecule has 2 amide bonds. The number of rotatable bonds is 9. The van der Waals surface area contributed by atoms with Crippen molar-refractivity contribution in [2.75, 3.05) is 24.9 Å². The smallest absolute Gasteiger partial charge is 0.236 e. The maximum absolute atomic E-state index is 12.7. The predicted molar refractivity (Wildman–Crippen MR) is 106 cm³/mol. The lowest BCUT2D eigenvalue weighted by atomic mass is 9.99. The number of ether oxygens (including phenoxy) is 2. The minimum absolute atomic E-state index is 0.320. The van der Waals surface area contributed by atoms with Gasteiger partial charge in [-0.05, 0) is 55.0 Å². The van der Waals surface area contributed by atoms with Gasteiger partial charge < -0.3 is 20.1 Å². The third-order valence-corrected chi connectivity index (χ3v) is 4.19. The summed E-state index contributed by atoms with van der Waals surface area (Å²) < 4.78 is 10.2. The third-order valence-electron chi connectivity index (χ3n) is 4.19. The van der Waals surface area contributed by atoms with Crippen LogP contribution in [0.4, 0.5) is 11.4 Å². The van der Waals surface area contributed by atoms with Crippen LogP contribution in [0.1, 0.15) is 26.2 Å². The summed E-state index contributed by atoms with van der Waals surface area (Å²) in [7, 11) is 3.16. The lowest BCUT2D eigenvalue weighted by Crippen LogP contribution is -2.33. The Bertz CT molecular complexity index is 680. The number of methoxy groups -OCH3 is 2. The van der Waals surface area contributed by atoms with Gasteiger partial charge in [-0.1, -0.05) is 19.8 Å². The minimum Gasteiger partial charge on any atom is -0.497 e. The Morgan fingerprint density at radius 3 is 1.56 bits per heavy atom. The van der Waals surface area contributed by atoms with Gasteiger partial charge in [0.25, 0.3) is 0 Å². The van der Waals surface area contributed by atoms with Crippen LogP contribution in [0.2, 0.25) is 0 Å². The molecule has 27 heavy (non-hydrogen) atoms. The van der Waals surface area contributed by atoms with E-state index in [-0.39, 0.29) is 11.8 Å². The highest BCUT2D eigenvalue weighted by Gasteiger charge is 2.26. The number of anilines is 2. The van der Waals surface area contributed by atoms with Crippen LogP contribution in [0.5, 0.6) is 11.5 Å². The maximum Gasteiger partial charge on any atom is 0.236 e. The van der Waals surface area contributed by atoms with E-state index in [0.29, 0.717) is 29.3 Å². The van der Waals surface area contributed by atoms with Gasteiger partial charge in [-0.15, -0.1) is 0 Å². The molecule has 2 N–H and O–H groups in total. The van der Waals surface area contributed by atoms with Gasteiger partial charge in [-0.2, -0.15) is 0 Å². The first-order chi connectivity index (χ1) is 13.1. The molecule has 0 saturated carbocycles. The molecule has 0 atom stereocenters. The van der Waals surface area contributed by atoms with E-state index in [1.807, 2.05) is 6.92 Å². The van der Waals surface area contributed by atoms with Crippen LogP contribution in [-0.2, 0) is 9.59 Å². The van der Waals surface area contributed by atoms with Gasteiger partial charge in [0.1, 0.15) is 17.4 Å². The zero-order valence-electron chi connectivity index (χ0n) is 16.0. The van der Waals surface area contributed by atoms with Gasteiger partial charge in [0.05, 0.1) is 14.2 Å². The summed E-state index contributed by atoms with van der Waals surface area (Å²) in [6.07, 6.45) is 2.18. The minimum atomic E-state index is -0.769. The highest BCUT2D eigenvalue weighted by Crippen LogP contribution is 2.20. The molecule has 0 bridgehead atoms. The maximum atomic E-state index is 12.7. The SMILES string of the molecule is CCCCC(C(=O)Nc1ccc(OC)cc1)C(=O)Nc1ccc(OC)cc1. The second-order valence-corrected chi connectivity index (χ2v) is 6.13. The molecule has 0 saturated heterocycles. The van der Waals surface area contributed by atoms with E-state index in [0.717, 1.165) is 12.8 Å². The lowest BCUT2D eigenvalue weighted by molar-refractivity contribution is -0.129. The molecule has 2 aromatic carbocycles. The van der Waals surface area contributed by atoms with Crippen molar-refractivity contribution < 1.29 is 19.1 Å². The Labute approximate surface area is 159 Å². The summed E-state index contributed by atoms with van der Waals surface area (Å²) in [6.45, 7) is 2.03. The molecule has 6 nitrogen and oxygen atoms in total. The molecule has 0 unspecified atom stereocenters. The van der Waals surface area contributed by atoms with Gasteiger partial charge >= 0.3 is 0 Å². The van der Waals surface area contributed by atoms with Crippen molar-refractivity contribution in [3.63, 3.8) is 0 Å². The van der Waals surface area contributed by atoms with Crippen LogP contribution in [0, 0.1) is 5.92 Å². The topological polar surface area (TPSA) is 76.7 Å². The first-order valence-corrected chi connectivity index (χ1v) is 8.97. The summed E-state index contributed by atoms with van der Waals surface area (Å²) in [5, 5.41) is 5.62. The summed E-state index contributed by atoms with van der Waals surface area (Å²) in [4.78, 5) is 25.4. The molecule has 0 radical (unpaired) electrons. The molecule has 0 aliphatic heterocycles. The fourth-order valence-corrected chi connectivity index (χ4v) is 2.60. The van der Waals surface area contributed by atoms with Crippen molar-refractivity contribution in [2.24, 2.45) is 5.92 Å². The molecular formula is C21H26N2O4. The van der Waals surface area contributed by atoms with Crippen molar-refractivity contribution in [3.8, 4) is 11.5 Å². The summed E-state index contributed by atoms with van der Waals surface area (Å²) in [6, 6.07) is 14.0. The second-order valence-electron chi connectivity index (χ2n) is 6.13. The standard InChI is InChI=1S/C21H26N2O4/c1-4-5-6-19(20(24)22-15-7-11-17(26-2)12-8-15)21(25)23-16-9-13-18(27-3)14-10-16/h7-14,19H,4-6H2,1-3H3,(H,22,24)(H,23,25). The van der Waals surface area contributed by atoms with E-state index in [1.165, 1.54) is 0 Å². The number of hydrogen-bond donors (Lipinski definition) is 2. The number of carbonyl (C=O) groups is 2. The van der Waals surface area contributed by atoms with Crippen molar-refractivity contribution in [1.82, 2.24) is 0 Å². The number of nitrogens with one attached hydrogen (secondary N) is 2. The summed E-state index contributed by atoms with van der Waals surface area (Å²) >= 11 is 0. The lowest BCUT2D eigenvalue weighted by Gasteiger charge is -2.17. The van der Waals surface area contributed by atoms with Gasteiger partial charge in [0.2, 0.25) is 11.8 Å². The Balaban J connectivity index is 2.06. The Kier molecular flexibility index (Phi) is 7.67. The number of unbranched alkanes of at least 4 members (excludes halogenated alkanes) is 1. The first-order valence-electron chi connectivity index (χ1n) is 8.97. The van der Waals surface area contributed by atoms with Crippen LogP contribution in [0.3, 0.4) is 0 Å². The number of benzene rings is 2. The van der Waals surface area contributed by atoms with Crippen molar-refractivity contribution >= 4 is 23.2 Å². The molecule has 0 spiro atoms. The quantitative estimate of drug-likeness (QED) is 0.652. The zero-order valence-corrected chi connectivity index (χ0v) is 16.0. The molecule has 0 aliphatic carbocycles. The molecule has 0 aliphatic rings. The molecule has 6 heteroatoms. The van der Waals surface area contributed by atoms with Crippen LogP contribution in [-0.4, -0.2) is 26.0 Å². The van der Waals surface area contributed by atoms with Crippen molar-refractivity contribution in [1.29, 1.82) is 0 Å². The molecule has 0 aromatic heterocycles. The summed E-state index contributed by atoms with van der Waals surface area (Å²) in [5.41, 5.74) is 1.25. The Morgan fingerprint density at radius 1 is 0.815 bits per heavy atom. The number of amides is 2. The predicted octanol–water partition coefficient (Wildman–Crippen LogP) is 4.09. The largest absolute Gasteiger partial charge is 0.497 e. The summed E-state index contributed by atoms with van der Waals surface area (Å²) in [5.74, 6) is -0.00558. The number of hydrogen-bond acceptors (Lipinski definition) is 4. The normalized spacial score (nSPS) is 10.4. The van der Waals surface area contributed by atoms with Gasteiger partial charge in [-0.25, -0.2) is 0 Å². The molecule has 2 rings (SSSR count). The highest BCUT2D eigenvalue weighted by molar-refractivity contribution is 6.10. The Hall–Kier alpha value is -3.02. The van der Waals surface area contributed by atoms with Crippen LogP contribution in [0.25, 0.3) is 0 Å². The Morgan fingerprint density at radius 2 is 1.22 bits per heavy atom. The average molecular weight is 370 g/mol. The first kappa shape index (κ1) is 20.3. The van der Waals surface area contributed by atoms with E-state index in [4.69, 9.17) is 9.47 Å². The van der Waals surface area contributed by atoms with Crippen molar-refractivity contribution in [3.05, 3.63) is 48.5 Å². The van der Waals surface area contributed by atoms with Crippen LogP contribution >= 0.6 is 0 Å².